The molecule has 0 aliphatic carbocycles. The molecule has 0 atom stereocenters. The molecule has 0 heterocycles. The van der Waals surface area contributed by atoms with Crippen LogP contribution in [0.15, 0.2) is 84.9 Å². The molecule has 1 amide bonds. The lowest BCUT2D eigenvalue weighted by atomic mass is 10.2. The number of carbonyl (C=O) groups excluding carboxylic acids is 2. The molecule has 3 aromatic carbocycles. The van der Waals surface area contributed by atoms with Crippen molar-refractivity contribution in [3.63, 3.8) is 0 Å². The summed E-state index contributed by atoms with van der Waals surface area (Å²) in [5.74, 6) is 0.104. The molecule has 148 valence electrons. The fourth-order valence-electron chi connectivity index (χ4n) is 2.48. The zero-order chi connectivity index (χ0) is 20.5. The minimum absolute atomic E-state index is 0.298. The molecule has 6 nitrogen and oxygen atoms in total. The van der Waals surface area contributed by atoms with Gasteiger partial charge in [-0.1, -0.05) is 36.4 Å². The van der Waals surface area contributed by atoms with Gasteiger partial charge in [0, 0.05) is 5.69 Å². The third-order valence-electron chi connectivity index (χ3n) is 3.85. The van der Waals surface area contributed by atoms with E-state index in [0.29, 0.717) is 29.4 Å². The molecule has 29 heavy (non-hydrogen) atoms. The van der Waals surface area contributed by atoms with Crippen molar-refractivity contribution >= 4 is 17.6 Å². The van der Waals surface area contributed by atoms with Crippen LogP contribution in [0, 0.1) is 0 Å². The van der Waals surface area contributed by atoms with E-state index in [9.17, 15) is 9.59 Å². The lowest BCUT2D eigenvalue weighted by molar-refractivity contribution is -0.134. The molecule has 3 rings (SSSR count). The minimum Gasteiger partial charge on any atom is -0.462 e. The first-order chi connectivity index (χ1) is 14.2. The fourth-order valence-corrected chi connectivity index (χ4v) is 2.48. The number of amides is 1. The lowest BCUT2D eigenvalue weighted by Gasteiger charge is -2.20. The average Bonchev–Trinajstić information content (AvgIpc) is 2.75. The Morgan fingerprint density at radius 1 is 0.793 bits per heavy atom. The van der Waals surface area contributed by atoms with Gasteiger partial charge in [0.15, 0.2) is 0 Å². The summed E-state index contributed by atoms with van der Waals surface area (Å²) in [6.45, 7) is 2.04. The highest BCUT2D eigenvalue weighted by atomic mass is 16.7. The molecular formula is C23H21NO5. The van der Waals surface area contributed by atoms with E-state index < -0.39 is 18.2 Å². The summed E-state index contributed by atoms with van der Waals surface area (Å²) in [7, 11) is 0. The largest absolute Gasteiger partial charge is 0.462 e. The quantitative estimate of drug-likeness (QED) is 0.458. The van der Waals surface area contributed by atoms with Crippen LogP contribution in [-0.2, 0) is 9.53 Å². The number of benzene rings is 3. The number of rotatable bonds is 8. The number of carbonyl (C=O) groups is 2. The Balaban J connectivity index is 1.72. The van der Waals surface area contributed by atoms with Gasteiger partial charge in [0.2, 0.25) is 0 Å². The van der Waals surface area contributed by atoms with E-state index >= 15 is 0 Å². The Kier molecular flexibility index (Phi) is 6.84. The van der Waals surface area contributed by atoms with Crippen LogP contribution in [0.1, 0.15) is 17.3 Å². The van der Waals surface area contributed by atoms with E-state index in [2.05, 4.69) is 5.32 Å². The molecule has 6 heteroatoms. The fraction of sp³-hybridized carbons (Fsp3) is 0.130. The molecule has 1 N–H and O–H groups in total. The SMILES string of the molecule is CCOC(=O)c1ccc(NC(=O)C(Oc2ccccc2)Oc2ccccc2)cc1. The van der Waals surface area contributed by atoms with Crippen LogP contribution in [0.3, 0.4) is 0 Å². The van der Waals surface area contributed by atoms with Crippen LogP contribution in [0.25, 0.3) is 0 Å². The van der Waals surface area contributed by atoms with Gasteiger partial charge in [0.05, 0.1) is 12.2 Å². The summed E-state index contributed by atoms with van der Waals surface area (Å²) < 4.78 is 16.4. The molecule has 0 aliphatic heterocycles. The molecule has 0 spiro atoms. The zero-order valence-corrected chi connectivity index (χ0v) is 15.9. The number of para-hydroxylation sites is 2. The summed E-state index contributed by atoms with van der Waals surface area (Å²) in [6, 6.07) is 24.3. The first kappa shape index (κ1) is 19.9. The molecular weight excluding hydrogens is 370 g/mol. The van der Waals surface area contributed by atoms with E-state index in [4.69, 9.17) is 14.2 Å². The van der Waals surface area contributed by atoms with Crippen molar-refractivity contribution in [2.75, 3.05) is 11.9 Å². The topological polar surface area (TPSA) is 73.9 Å². The van der Waals surface area contributed by atoms with Crippen molar-refractivity contribution in [1.82, 2.24) is 0 Å². The second-order valence-corrected chi connectivity index (χ2v) is 5.98. The first-order valence-corrected chi connectivity index (χ1v) is 9.17. The van der Waals surface area contributed by atoms with Crippen molar-refractivity contribution in [1.29, 1.82) is 0 Å². The maximum Gasteiger partial charge on any atom is 0.338 e. The van der Waals surface area contributed by atoms with Crippen LogP contribution in [0.4, 0.5) is 5.69 Å². The van der Waals surface area contributed by atoms with Gasteiger partial charge >= 0.3 is 18.2 Å². The second kappa shape index (κ2) is 9.94. The van der Waals surface area contributed by atoms with Gasteiger partial charge in [-0.05, 0) is 55.5 Å². The average molecular weight is 391 g/mol. The van der Waals surface area contributed by atoms with Crippen LogP contribution >= 0.6 is 0 Å². The number of hydrogen-bond donors (Lipinski definition) is 1. The normalized spacial score (nSPS) is 10.3. The predicted octanol–water partition coefficient (Wildman–Crippen LogP) is 4.29. The Bertz CT molecular complexity index is 885. The zero-order valence-electron chi connectivity index (χ0n) is 15.9. The van der Waals surface area contributed by atoms with Crippen LogP contribution in [0.2, 0.25) is 0 Å². The molecule has 0 aromatic heterocycles. The van der Waals surface area contributed by atoms with E-state index in [1.54, 1.807) is 79.7 Å². The van der Waals surface area contributed by atoms with Gasteiger partial charge in [-0.15, -0.1) is 0 Å². The third-order valence-corrected chi connectivity index (χ3v) is 3.85. The number of ether oxygens (including phenoxy) is 3. The Labute approximate surface area is 169 Å². The first-order valence-electron chi connectivity index (χ1n) is 9.17. The smallest absolute Gasteiger partial charge is 0.338 e. The van der Waals surface area contributed by atoms with Crippen LogP contribution in [0.5, 0.6) is 11.5 Å². The standard InChI is InChI=1S/C23H21NO5/c1-2-27-22(26)17-13-15-18(16-14-17)24-21(25)23(28-19-9-5-3-6-10-19)29-20-11-7-4-8-12-20/h3-16,23H,2H2,1H3,(H,24,25). The Morgan fingerprint density at radius 2 is 1.31 bits per heavy atom. The van der Waals surface area contributed by atoms with Crippen molar-refractivity contribution in [2.24, 2.45) is 0 Å². The van der Waals surface area contributed by atoms with Crippen molar-refractivity contribution in [3.8, 4) is 11.5 Å². The van der Waals surface area contributed by atoms with E-state index in [1.165, 1.54) is 0 Å². The Morgan fingerprint density at radius 3 is 1.79 bits per heavy atom. The van der Waals surface area contributed by atoms with Crippen LogP contribution in [-0.4, -0.2) is 24.8 Å². The molecule has 0 saturated carbocycles. The maximum atomic E-state index is 12.8. The molecule has 0 fully saturated rings. The van der Waals surface area contributed by atoms with E-state index in [0.717, 1.165) is 0 Å². The molecule has 0 bridgehead atoms. The monoisotopic (exact) mass is 391 g/mol. The van der Waals surface area contributed by atoms with Crippen molar-refractivity contribution in [2.45, 2.75) is 13.2 Å². The van der Waals surface area contributed by atoms with E-state index in [1.807, 2.05) is 12.1 Å². The minimum atomic E-state index is -1.20. The van der Waals surface area contributed by atoms with Gasteiger partial charge in [-0.25, -0.2) is 4.79 Å². The van der Waals surface area contributed by atoms with Gasteiger partial charge in [-0.2, -0.15) is 0 Å². The summed E-state index contributed by atoms with van der Waals surface area (Å²) in [5, 5.41) is 2.74. The number of esters is 1. The van der Waals surface area contributed by atoms with Gasteiger partial charge in [0.25, 0.3) is 0 Å². The highest BCUT2D eigenvalue weighted by molar-refractivity contribution is 5.95. The number of anilines is 1. The number of hydrogen-bond acceptors (Lipinski definition) is 5. The maximum absolute atomic E-state index is 12.8. The Hall–Kier alpha value is -3.80. The molecule has 0 radical (unpaired) electrons. The molecule has 0 saturated heterocycles. The highest BCUT2D eigenvalue weighted by Crippen LogP contribution is 2.18. The lowest BCUT2D eigenvalue weighted by Crippen LogP contribution is -2.38. The van der Waals surface area contributed by atoms with Gasteiger partial charge < -0.3 is 19.5 Å². The predicted molar refractivity (Wildman–Crippen MR) is 109 cm³/mol. The number of nitrogens with one attached hydrogen (secondary N) is 1. The summed E-state index contributed by atoms with van der Waals surface area (Å²) in [5.41, 5.74) is 0.906. The van der Waals surface area contributed by atoms with Gasteiger partial charge in [-0.3, -0.25) is 4.79 Å². The van der Waals surface area contributed by atoms with Crippen molar-refractivity contribution < 1.29 is 23.8 Å². The van der Waals surface area contributed by atoms with E-state index in [-0.39, 0.29) is 0 Å². The summed E-state index contributed by atoms with van der Waals surface area (Å²) >= 11 is 0. The highest BCUT2D eigenvalue weighted by Gasteiger charge is 2.23. The van der Waals surface area contributed by atoms with Crippen LogP contribution < -0.4 is 14.8 Å². The molecule has 3 aromatic rings. The third kappa shape index (κ3) is 5.84. The summed E-state index contributed by atoms with van der Waals surface area (Å²) in [4.78, 5) is 24.5. The molecule has 0 unspecified atom stereocenters. The molecule has 0 aliphatic rings. The van der Waals surface area contributed by atoms with Gasteiger partial charge in [0.1, 0.15) is 11.5 Å². The van der Waals surface area contributed by atoms with Crippen molar-refractivity contribution in [3.05, 3.63) is 90.5 Å². The second-order valence-electron chi connectivity index (χ2n) is 5.98. The summed E-state index contributed by atoms with van der Waals surface area (Å²) in [6.07, 6.45) is -1.20.